The van der Waals surface area contributed by atoms with Crippen LogP contribution in [0.2, 0.25) is 0 Å². The summed E-state index contributed by atoms with van der Waals surface area (Å²) in [5, 5.41) is 16.8. The molecule has 4 rings (SSSR count). The van der Waals surface area contributed by atoms with Crippen molar-refractivity contribution in [3.8, 4) is 5.69 Å². The molecule has 1 N–H and O–H groups in total. The first-order valence-corrected chi connectivity index (χ1v) is 9.16. The van der Waals surface area contributed by atoms with Crippen molar-refractivity contribution >= 4 is 5.82 Å². The van der Waals surface area contributed by atoms with Crippen molar-refractivity contribution < 1.29 is 0 Å². The molecule has 134 valence electrons. The molecule has 1 saturated heterocycles. The average molecular weight is 348 g/mol. The van der Waals surface area contributed by atoms with Gasteiger partial charge in [-0.15, -0.1) is 5.10 Å². The predicted octanol–water partition coefficient (Wildman–Crippen LogP) is 2.73. The monoisotopic (exact) mass is 348 g/mol. The van der Waals surface area contributed by atoms with Gasteiger partial charge in [0.1, 0.15) is 0 Å². The smallest absolute Gasteiger partial charge is 0.151 e. The summed E-state index contributed by atoms with van der Waals surface area (Å²) < 4.78 is 1.92. The SMILES string of the molecule is Cc1ccc(N2CCC[C@@H](NCc3ccn(-c4ccccc4)n3)C2)nn1. The number of piperidine rings is 1. The van der Waals surface area contributed by atoms with Crippen LogP contribution >= 0.6 is 0 Å². The zero-order valence-corrected chi connectivity index (χ0v) is 15.0. The summed E-state index contributed by atoms with van der Waals surface area (Å²) in [6.45, 7) is 4.74. The van der Waals surface area contributed by atoms with E-state index in [0.717, 1.165) is 48.9 Å². The Morgan fingerprint density at radius 1 is 1.08 bits per heavy atom. The molecule has 1 aliphatic rings. The first kappa shape index (κ1) is 16.7. The van der Waals surface area contributed by atoms with Crippen LogP contribution < -0.4 is 10.2 Å². The normalized spacial score (nSPS) is 17.4. The Morgan fingerprint density at radius 3 is 2.77 bits per heavy atom. The van der Waals surface area contributed by atoms with Crippen molar-refractivity contribution in [1.29, 1.82) is 0 Å². The Labute approximate surface area is 153 Å². The molecule has 1 fully saturated rings. The highest BCUT2D eigenvalue weighted by Crippen LogP contribution is 2.17. The molecule has 0 radical (unpaired) electrons. The summed E-state index contributed by atoms with van der Waals surface area (Å²) >= 11 is 0. The Balaban J connectivity index is 1.34. The second-order valence-electron chi connectivity index (χ2n) is 6.79. The maximum Gasteiger partial charge on any atom is 0.151 e. The van der Waals surface area contributed by atoms with Crippen LogP contribution in [0, 0.1) is 6.92 Å². The second-order valence-corrected chi connectivity index (χ2v) is 6.79. The predicted molar refractivity (Wildman–Crippen MR) is 102 cm³/mol. The van der Waals surface area contributed by atoms with E-state index in [1.54, 1.807) is 0 Å². The Morgan fingerprint density at radius 2 is 1.96 bits per heavy atom. The minimum atomic E-state index is 0.439. The number of anilines is 1. The quantitative estimate of drug-likeness (QED) is 0.768. The van der Waals surface area contributed by atoms with E-state index in [2.05, 4.69) is 49.8 Å². The lowest BCUT2D eigenvalue weighted by molar-refractivity contribution is 0.417. The standard InChI is InChI=1S/C20H24N6/c1-16-9-10-20(23-22-16)25-12-5-6-18(15-25)21-14-17-11-13-26(24-17)19-7-3-2-4-8-19/h2-4,7-11,13,18,21H,5-6,12,14-15H2,1H3/t18-/m1/s1. The van der Waals surface area contributed by atoms with E-state index in [0.29, 0.717) is 6.04 Å². The van der Waals surface area contributed by atoms with E-state index < -0.39 is 0 Å². The van der Waals surface area contributed by atoms with Gasteiger partial charge in [0, 0.05) is 31.9 Å². The minimum Gasteiger partial charge on any atom is -0.354 e. The van der Waals surface area contributed by atoms with E-state index in [1.807, 2.05) is 42.1 Å². The zero-order valence-electron chi connectivity index (χ0n) is 15.0. The van der Waals surface area contributed by atoms with Crippen molar-refractivity contribution in [2.45, 2.75) is 32.4 Å². The molecule has 1 aliphatic heterocycles. The molecule has 2 aromatic heterocycles. The molecule has 1 aromatic carbocycles. The fraction of sp³-hybridized carbons (Fsp3) is 0.350. The van der Waals surface area contributed by atoms with Gasteiger partial charge in [0.15, 0.2) is 5.82 Å². The third-order valence-electron chi connectivity index (χ3n) is 4.77. The molecule has 0 spiro atoms. The fourth-order valence-electron chi connectivity index (χ4n) is 3.34. The first-order chi connectivity index (χ1) is 12.8. The molecule has 26 heavy (non-hydrogen) atoms. The highest BCUT2D eigenvalue weighted by Gasteiger charge is 2.21. The van der Waals surface area contributed by atoms with E-state index in [9.17, 15) is 0 Å². The summed E-state index contributed by atoms with van der Waals surface area (Å²) in [5.41, 5.74) is 3.09. The van der Waals surface area contributed by atoms with Crippen LogP contribution in [0.25, 0.3) is 5.69 Å². The van der Waals surface area contributed by atoms with Crippen molar-refractivity contribution in [2.24, 2.45) is 0 Å². The molecule has 0 amide bonds. The van der Waals surface area contributed by atoms with Crippen LogP contribution in [0.3, 0.4) is 0 Å². The van der Waals surface area contributed by atoms with Crippen LogP contribution in [0.1, 0.15) is 24.2 Å². The van der Waals surface area contributed by atoms with Gasteiger partial charge in [-0.25, -0.2) is 4.68 Å². The molecular formula is C20H24N6. The number of aromatic nitrogens is 4. The van der Waals surface area contributed by atoms with Gasteiger partial charge >= 0.3 is 0 Å². The summed E-state index contributed by atoms with van der Waals surface area (Å²) in [7, 11) is 0. The third-order valence-corrected chi connectivity index (χ3v) is 4.77. The van der Waals surface area contributed by atoms with Crippen molar-refractivity contribution in [3.05, 3.63) is 66.1 Å². The lowest BCUT2D eigenvalue weighted by Gasteiger charge is -2.33. The maximum atomic E-state index is 4.67. The largest absolute Gasteiger partial charge is 0.354 e. The Kier molecular flexibility index (Phi) is 4.93. The van der Waals surface area contributed by atoms with Gasteiger partial charge in [-0.3, -0.25) is 0 Å². The number of benzene rings is 1. The van der Waals surface area contributed by atoms with Crippen LogP contribution in [0.5, 0.6) is 0 Å². The summed E-state index contributed by atoms with van der Waals surface area (Å²) in [6.07, 6.45) is 4.35. The number of nitrogens with one attached hydrogen (secondary N) is 1. The molecule has 0 aliphatic carbocycles. The number of rotatable bonds is 5. The van der Waals surface area contributed by atoms with Gasteiger partial charge in [-0.05, 0) is 50.1 Å². The van der Waals surface area contributed by atoms with Crippen LogP contribution in [0.15, 0.2) is 54.7 Å². The maximum absolute atomic E-state index is 4.67. The number of nitrogens with zero attached hydrogens (tertiary/aromatic N) is 5. The minimum absolute atomic E-state index is 0.439. The zero-order chi connectivity index (χ0) is 17.8. The molecule has 0 saturated carbocycles. The summed E-state index contributed by atoms with van der Waals surface area (Å²) in [6, 6.07) is 16.8. The lowest BCUT2D eigenvalue weighted by atomic mass is 10.1. The average Bonchev–Trinajstić information content (AvgIpc) is 3.17. The fourth-order valence-corrected chi connectivity index (χ4v) is 3.34. The topological polar surface area (TPSA) is 58.9 Å². The molecule has 0 bridgehead atoms. The number of para-hydroxylation sites is 1. The van der Waals surface area contributed by atoms with Gasteiger partial charge in [0.05, 0.1) is 17.1 Å². The van der Waals surface area contributed by atoms with Crippen molar-refractivity contribution in [2.75, 3.05) is 18.0 Å². The van der Waals surface area contributed by atoms with Gasteiger partial charge in [0.25, 0.3) is 0 Å². The van der Waals surface area contributed by atoms with Gasteiger partial charge in [-0.1, -0.05) is 18.2 Å². The van der Waals surface area contributed by atoms with Crippen LogP contribution in [0.4, 0.5) is 5.82 Å². The molecule has 3 heterocycles. The molecule has 1 atom stereocenters. The molecular weight excluding hydrogens is 324 g/mol. The second kappa shape index (κ2) is 7.66. The van der Waals surface area contributed by atoms with Crippen LogP contribution in [-0.4, -0.2) is 39.1 Å². The summed E-state index contributed by atoms with van der Waals surface area (Å²) in [4.78, 5) is 2.32. The molecule has 0 unspecified atom stereocenters. The van der Waals surface area contributed by atoms with E-state index in [1.165, 1.54) is 6.42 Å². The number of hydrogen-bond donors (Lipinski definition) is 1. The first-order valence-electron chi connectivity index (χ1n) is 9.16. The highest BCUT2D eigenvalue weighted by atomic mass is 15.3. The van der Waals surface area contributed by atoms with E-state index in [-0.39, 0.29) is 0 Å². The molecule has 6 heteroatoms. The lowest BCUT2D eigenvalue weighted by Crippen LogP contribution is -2.45. The highest BCUT2D eigenvalue weighted by molar-refractivity contribution is 5.38. The van der Waals surface area contributed by atoms with Gasteiger partial charge in [0.2, 0.25) is 0 Å². The van der Waals surface area contributed by atoms with E-state index >= 15 is 0 Å². The Hall–Kier alpha value is -2.73. The molecule has 6 nitrogen and oxygen atoms in total. The van der Waals surface area contributed by atoms with Crippen LogP contribution in [-0.2, 0) is 6.54 Å². The molecule has 3 aromatic rings. The number of aryl methyl sites for hydroxylation is 1. The summed E-state index contributed by atoms with van der Waals surface area (Å²) in [5.74, 6) is 0.968. The van der Waals surface area contributed by atoms with Gasteiger partial charge in [-0.2, -0.15) is 10.2 Å². The van der Waals surface area contributed by atoms with E-state index in [4.69, 9.17) is 0 Å². The van der Waals surface area contributed by atoms with Gasteiger partial charge < -0.3 is 10.2 Å². The van der Waals surface area contributed by atoms with Crippen molar-refractivity contribution in [1.82, 2.24) is 25.3 Å². The Bertz CT molecular complexity index is 827. The van der Waals surface area contributed by atoms with Crippen molar-refractivity contribution in [3.63, 3.8) is 0 Å². The number of hydrogen-bond acceptors (Lipinski definition) is 5. The third kappa shape index (κ3) is 3.91.